The molecule has 1 aromatic heterocycles. The number of nitrogens with zero attached hydrogens (tertiary/aromatic N) is 1. The van der Waals surface area contributed by atoms with Crippen molar-refractivity contribution in [3.8, 4) is 0 Å². The second-order valence-corrected chi connectivity index (χ2v) is 7.24. The van der Waals surface area contributed by atoms with Gasteiger partial charge in [0.15, 0.2) is 0 Å². The molecule has 2 N–H and O–H groups in total. The molecule has 0 radical (unpaired) electrons. The first-order chi connectivity index (χ1) is 11.6. The Morgan fingerprint density at radius 2 is 2.00 bits per heavy atom. The van der Waals surface area contributed by atoms with Crippen LogP contribution in [0.2, 0.25) is 0 Å². The number of anilines is 2. The van der Waals surface area contributed by atoms with Crippen LogP contribution >= 0.6 is 22.6 Å². The smallest absolute Gasteiger partial charge is 0.255 e. The first-order valence-electron chi connectivity index (χ1n) is 8.11. The third-order valence-corrected chi connectivity index (χ3v) is 4.80. The Morgan fingerprint density at radius 3 is 2.75 bits per heavy atom. The van der Waals surface area contributed by atoms with Crippen molar-refractivity contribution in [1.29, 1.82) is 0 Å². The Kier molecular flexibility index (Phi) is 5.65. The van der Waals surface area contributed by atoms with Gasteiger partial charge in [0, 0.05) is 15.3 Å². The molecule has 126 valence electrons. The van der Waals surface area contributed by atoms with Gasteiger partial charge in [-0.1, -0.05) is 25.3 Å². The Bertz CT molecular complexity index is 732. The molecule has 1 aromatic carbocycles. The van der Waals surface area contributed by atoms with E-state index in [-0.39, 0.29) is 17.5 Å². The van der Waals surface area contributed by atoms with E-state index in [1.54, 1.807) is 0 Å². The summed E-state index contributed by atoms with van der Waals surface area (Å²) in [6.07, 6.45) is 6.54. The number of halogens is 2. The lowest BCUT2D eigenvalue weighted by atomic mass is 9.95. The molecule has 3 rings (SSSR count). The number of hydrogen-bond donors (Lipinski definition) is 2. The molecule has 1 aliphatic carbocycles. The van der Waals surface area contributed by atoms with Gasteiger partial charge in [0.05, 0.1) is 11.8 Å². The average molecular weight is 439 g/mol. The molecule has 2 aromatic rings. The normalized spacial score (nSPS) is 15.1. The number of aromatic nitrogens is 1. The molecule has 0 unspecified atom stereocenters. The summed E-state index contributed by atoms with van der Waals surface area (Å²) >= 11 is 2.21. The van der Waals surface area contributed by atoms with E-state index in [1.807, 2.05) is 24.3 Å². The van der Waals surface area contributed by atoms with Crippen LogP contribution in [0.5, 0.6) is 0 Å². The predicted molar refractivity (Wildman–Crippen MR) is 101 cm³/mol. The zero-order valence-corrected chi connectivity index (χ0v) is 15.3. The third kappa shape index (κ3) is 4.43. The molecule has 1 heterocycles. The van der Waals surface area contributed by atoms with Gasteiger partial charge in [-0.2, -0.15) is 0 Å². The molecular formula is C18H19FIN3O. The van der Waals surface area contributed by atoms with Gasteiger partial charge in [0.1, 0.15) is 11.6 Å². The van der Waals surface area contributed by atoms with Crippen molar-refractivity contribution < 1.29 is 9.18 Å². The highest BCUT2D eigenvalue weighted by Gasteiger charge is 2.20. The maximum Gasteiger partial charge on any atom is 0.255 e. The number of pyridine rings is 1. The van der Waals surface area contributed by atoms with Gasteiger partial charge in [-0.15, -0.1) is 0 Å². The molecular weight excluding hydrogens is 420 g/mol. The number of nitrogens with one attached hydrogen (secondary N) is 2. The van der Waals surface area contributed by atoms with E-state index < -0.39 is 5.82 Å². The van der Waals surface area contributed by atoms with Crippen LogP contribution < -0.4 is 10.6 Å². The summed E-state index contributed by atoms with van der Waals surface area (Å²) in [5.41, 5.74) is 1.05. The number of benzene rings is 1. The average Bonchev–Trinajstić information content (AvgIpc) is 2.57. The molecule has 24 heavy (non-hydrogen) atoms. The quantitative estimate of drug-likeness (QED) is 0.684. The molecule has 0 spiro atoms. The van der Waals surface area contributed by atoms with E-state index in [9.17, 15) is 9.18 Å². The lowest BCUT2D eigenvalue weighted by Gasteiger charge is -2.23. The molecule has 6 heteroatoms. The predicted octanol–water partition coefficient (Wildman–Crippen LogP) is 4.63. The monoisotopic (exact) mass is 439 g/mol. The topological polar surface area (TPSA) is 54.0 Å². The highest BCUT2D eigenvalue weighted by atomic mass is 127. The van der Waals surface area contributed by atoms with E-state index in [0.717, 1.165) is 41.1 Å². The van der Waals surface area contributed by atoms with Crippen LogP contribution in [0.3, 0.4) is 0 Å². The van der Waals surface area contributed by atoms with Crippen molar-refractivity contribution in [2.45, 2.75) is 38.1 Å². The summed E-state index contributed by atoms with van der Waals surface area (Å²) in [7, 11) is 0. The molecule has 1 aliphatic rings. The fraction of sp³-hybridized carbons (Fsp3) is 0.333. The minimum atomic E-state index is -0.517. The van der Waals surface area contributed by atoms with Crippen LogP contribution in [0.25, 0.3) is 0 Å². The lowest BCUT2D eigenvalue weighted by molar-refractivity contribution is 0.0928. The molecule has 1 amide bonds. The van der Waals surface area contributed by atoms with Crippen molar-refractivity contribution in [3.05, 3.63) is 51.5 Å². The first kappa shape index (κ1) is 17.1. The molecule has 4 nitrogen and oxygen atoms in total. The van der Waals surface area contributed by atoms with Crippen LogP contribution in [0.4, 0.5) is 15.9 Å². The van der Waals surface area contributed by atoms with Crippen LogP contribution in [-0.2, 0) is 0 Å². The zero-order valence-electron chi connectivity index (χ0n) is 13.2. The Morgan fingerprint density at radius 1 is 1.21 bits per heavy atom. The minimum absolute atomic E-state index is 0.167. The zero-order chi connectivity index (χ0) is 16.9. The number of hydrogen-bond acceptors (Lipinski definition) is 3. The standard InChI is InChI=1S/C18H19FIN3O/c19-12-9-16(18(24)23-14-6-2-1-3-7-14)17(21-11-12)22-15-8-4-5-13(20)10-15/h4-5,8-11,14H,1-3,6-7H2,(H,21,22)(H,23,24). The van der Waals surface area contributed by atoms with Crippen molar-refractivity contribution >= 4 is 40.0 Å². The summed E-state index contributed by atoms with van der Waals surface area (Å²) in [6.45, 7) is 0. The minimum Gasteiger partial charge on any atom is -0.349 e. The van der Waals surface area contributed by atoms with E-state index in [0.29, 0.717) is 5.82 Å². The Hall–Kier alpha value is -1.70. The molecule has 0 saturated heterocycles. The van der Waals surface area contributed by atoms with Gasteiger partial charge in [-0.3, -0.25) is 4.79 Å². The third-order valence-electron chi connectivity index (χ3n) is 4.13. The van der Waals surface area contributed by atoms with Crippen molar-refractivity contribution in [3.63, 3.8) is 0 Å². The van der Waals surface area contributed by atoms with Crippen molar-refractivity contribution in [2.75, 3.05) is 5.32 Å². The van der Waals surface area contributed by atoms with Gasteiger partial charge in [0.2, 0.25) is 0 Å². The molecule has 0 atom stereocenters. The highest BCUT2D eigenvalue weighted by molar-refractivity contribution is 14.1. The van der Waals surface area contributed by atoms with Gasteiger partial charge < -0.3 is 10.6 Å². The SMILES string of the molecule is O=C(NC1CCCCC1)c1cc(F)cnc1Nc1cccc(I)c1. The summed E-state index contributed by atoms with van der Waals surface area (Å²) in [4.78, 5) is 16.7. The number of amides is 1. The van der Waals surface area contributed by atoms with Gasteiger partial charge in [-0.05, 0) is 59.7 Å². The fourth-order valence-electron chi connectivity index (χ4n) is 2.92. The maximum atomic E-state index is 13.6. The van der Waals surface area contributed by atoms with Crippen molar-refractivity contribution in [2.24, 2.45) is 0 Å². The Balaban J connectivity index is 1.80. The van der Waals surface area contributed by atoms with Crippen LogP contribution in [0.15, 0.2) is 36.5 Å². The molecule has 1 fully saturated rings. The molecule has 0 bridgehead atoms. The van der Waals surface area contributed by atoms with Crippen LogP contribution in [0.1, 0.15) is 42.5 Å². The summed E-state index contributed by atoms with van der Waals surface area (Å²) in [5.74, 6) is -0.425. The first-order valence-corrected chi connectivity index (χ1v) is 9.19. The molecule has 1 saturated carbocycles. The van der Waals surface area contributed by atoms with Crippen LogP contribution in [-0.4, -0.2) is 16.9 Å². The van der Waals surface area contributed by atoms with Crippen LogP contribution in [0, 0.1) is 9.39 Å². The second-order valence-electron chi connectivity index (χ2n) is 5.99. The van der Waals surface area contributed by atoms with Crippen molar-refractivity contribution in [1.82, 2.24) is 10.3 Å². The second kappa shape index (κ2) is 7.92. The van der Waals surface area contributed by atoms with Gasteiger partial charge in [-0.25, -0.2) is 9.37 Å². The Labute approximate surface area is 154 Å². The fourth-order valence-corrected chi connectivity index (χ4v) is 3.47. The van der Waals surface area contributed by atoms with Gasteiger partial charge in [0.25, 0.3) is 5.91 Å². The highest BCUT2D eigenvalue weighted by Crippen LogP contribution is 2.22. The number of carbonyl (C=O) groups is 1. The largest absolute Gasteiger partial charge is 0.349 e. The maximum absolute atomic E-state index is 13.6. The van der Waals surface area contributed by atoms with E-state index >= 15 is 0 Å². The summed E-state index contributed by atoms with van der Waals surface area (Å²) in [5, 5.41) is 6.13. The van der Waals surface area contributed by atoms with Gasteiger partial charge >= 0.3 is 0 Å². The number of rotatable bonds is 4. The lowest BCUT2D eigenvalue weighted by Crippen LogP contribution is -2.36. The molecule has 0 aliphatic heterocycles. The van der Waals surface area contributed by atoms with E-state index in [1.165, 1.54) is 12.5 Å². The van der Waals surface area contributed by atoms with E-state index in [2.05, 4.69) is 38.2 Å². The van der Waals surface area contributed by atoms with E-state index in [4.69, 9.17) is 0 Å². The summed E-state index contributed by atoms with van der Waals surface area (Å²) < 4.78 is 14.7. The number of carbonyl (C=O) groups excluding carboxylic acids is 1. The summed E-state index contributed by atoms with van der Waals surface area (Å²) in [6, 6.07) is 9.11.